The van der Waals surface area contributed by atoms with Crippen LogP contribution in [0.3, 0.4) is 0 Å². The van der Waals surface area contributed by atoms with Gasteiger partial charge in [-0.25, -0.2) is 9.78 Å². The summed E-state index contributed by atoms with van der Waals surface area (Å²) in [4.78, 5) is 36.5. The Labute approximate surface area is 223 Å². The fourth-order valence-electron chi connectivity index (χ4n) is 6.54. The third kappa shape index (κ3) is 3.89. The van der Waals surface area contributed by atoms with E-state index in [4.69, 9.17) is 26.1 Å². The zero-order valence-corrected chi connectivity index (χ0v) is 21.8. The van der Waals surface area contributed by atoms with Gasteiger partial charge in [0.2, 0.25) is 0 Å². The number of aromatic nitrogens is 1. The lowest BCUT2D eigenvalue weighted by Gasteiger charge is -2.71. The minimum absolute atomic E-state index is 0.106. The fraction of sp³-hybridized carbons (Fsp3) is 0.462. The molecule has 0 bridgehead atoms. The van der Waals surface area contributed by atoms with E-state index in [1.165, 1.54) is 11.3 Å². The van der Waals surface area contributed by atoms with Crippen molar-refractivity contribution >= 4 is 40.7 Å². The zero-order valence-electron chi connectivity index (χ0n) is 20.2. The predicted molar refractivity (Wildman–Crippen MR) is 138 cm³/mol. The molecule has 1 saturated carbocycles. The Kier molecular flexibility index (Phi) is 6.30. The second-order valence-electron chi connectivity index (χ2n) is 9.84. The molecule has 2 aromatic rings. The minimum Gasteiger partial charge on any atom is -0.481 e. The molecule has 5 unspecified atom stereocenters. The highest BCUT2D eigenvalue weighted by molar-refractivity contribution is 7.11. The second kappa shape index (κ2) is 9.50. The van der Waals surface area contributed by atoms with Crippen LogP contribution in [0.5, 0.6) is 0 Å². The van der Waals surface area contributed by atoms with E-state index < -0.39 is 18.0 Å². The SMILES string of the molecule is CCOC(=O)C1=C(CN2C3COCC34C(CC(=O)O)CC24)NC(c2nccs2)=NC1c1ccccc1Cl. The summed E-state index contributed by atoms with van der Waals surface area (Å²) in [6, 6.07) is 7.04. The number of halogens is 1. The number of carbonyl (C=O) groups excluding carboxylic acids is 1. The third-order valence-electron chi connectivity index (χ3n) is 8.15. The van der Waals surface area contributed by atoms with Crippen LogP contribution in [0.15, 0.2) is 52.1 Å². The molecule has 2 saturated heterocycles. The number of piperidine rings is 1. The number of carboxylic acids is 1. The number of esters is 1. The molecule has 9 nitrogen and oxygen atoms in total. The van der Waals surface area contributed by atoms with Gasteiger partial charge in [-0.2, -0.15) is 0 Å². The number of nitrogens with one attached hydrogen (secondary N) is 1. The average Bonchev–Trinajstić information content (AvgIpc) is 3.56. The summed E-state index contributed by atoms with van der Waals surface area (Å²) >= 11 is 8.06. The molecule has 0 radical (unpaired) electrons. The van der Waals surface area contributed by atoms with Gasteiger partial charge in [0.25, 0.3) is 0 Å². The van der Waals surface area contributed by atoms with Gasteiger partial charge in [-0.1, -0.05) is 29.8 Å². The van der Waals surface area contributed by atoms with Crippen LogP contribution in [0.2, 0.25) is 5.02 Å². The lowest BCUT2D eigenvalue weighted by atomic mass is 9.46. The lowest BCUT2D eigenvalue weighted by molar-refractivity contribution is -0.222. The van der Waals surface area contributed by atoms with Crippen molar-refractivity contribution < 1.29 is 24.2 Å². The number of rotatable bonds is 8. The maximum Gasteiger partial charge on any atom is 0.338 e. The number of carbonyl (C=O) groups is 2. The molecule has 1 aliphatic carbocycles. The maximum atomic E-state index is 13.4. The first-order valence-electron chi connectivity index (χ1n) is 12.4. The number of amidine groups is 1. The molecule has 194 valence electrons. The number of hydrogen-bond acceptors (Lipinski definition) is 9. The zero-order chi connectivity index (χ0) is 25.7. The summed E-state index contributed by atoms with van der Waals surface area (Å²) in [5, 5.41) is 15.9. The van der Waals surface area contributed by atoms with Gasteiger partial charge in [-0.15, -0.1) is 11.3 Å². The van der Waals surface area contributed by atoms with Crippen LogP contribution in [0.25, 0.3) is 0 Å². The van der Waals surface area contributed by atoms with Gasteiger partial charge < -0.3 is 19.9 Å². The number of hydrogen-bond donors (Lipinski definition) is 2. The quantitative estimate of drug-likeness (QED) is 0.489. The van der Waals surface area contributed by atoms with Gasteiger partial charge in [0.15, 0.2) is 10.8 Å². The van der Waals surface area contributed by atoms with E-state index in [0.717, 1.165) is 6.42 Å². The first-order chi connectivity index (χ1) is 17.9. The first kappa shape index (κ1) is 24.5. The number of carboxylic acid groups (broad SMARTS) is 1. The summed E-state index contributed by atoms with van der Waals surface area (Å²) in [6.45, 7) is 3.61. The summed E-state index contributed by atoms with van der Waals surface area (Å²) in [7, 11) is 0. The van der Waals surface area contributed by atoms with E-state index in [-0.39, 0.29) is 36.4 Å². The number of ether oxygens (including phenoxy) is 2. The van der Waals surface area contributed by atoms with Crippen LogP contribution in [0.4, 0.5) is 0 Å². The third-order valence-corrected chi connectivity index (χ3v) is 9.28. The molecule has 3 fully saturated rings. The van der Waals surface area contributed by atoms with E-state index in [0.29, 0.717) is 52.5 Å². The van der Waals surface area contributed by atoms with E-state index in [1.807, 2.05) is 23.6 Å². The number of likely N-dealkylation sites (tertiary alicyclic amines) is 1. The first-order valence-corrected chi connectivity index (χ1v) is 13.6. The van der Waals surface area contributed by atoms with Crippen molar-refractivity contribution in [3.05, 3.63) is 62.7 Å². The van der Waals surface area contributed by atoms with Gasteiger partial charge in [0.05, 0.1) is 25.4 Å². The highest BCUT2D eigenvalue weighted by Gasteiger charge is 2.73. The lowest BCUT2D eigenvalue weighted by Crippen LogP contribution is -2.80. The van der Waals surface area contributed by atoms with Gasteiger partial charge >= 0.3 is 11.9 Å². The Bertz CT molecular complexity index is 1300. The predicted octanol–water partition coefficient (Wildman–Crippen LogP) is 3.27. The molecule has 11 heteroatoms. The molecular weight excluding hydrogens is 516 g/mol. The van der Waals surface area contributed by atoms with Crippen LogP contribution >= 0.6 is 22.9 Å². The summed E-state index contributed by atoms with van der Waals surface area (Å²) in [6.07, 6.45) is 2.68. The molecule has 5 atom stereocenters. The summed E-state index contributed by atoms with van der Waals surface area (Å²) in [5.41, 5.74) is 1.72. The van der Waals surface area contributed by atoms with Gasteiger partial charge in [-0.3, -0.25) is 14.7 Å². The van der Waals surface area contributed by atoms with Gasteiger partial charge in [0, 0.05) is 58.3 Å². The Hall–Kier alpha value is -2.79. The number of thiazole rings is 1. The van der Waals surface area contributed by atoms with Gasteiger partial charge in [-0.05, 0) is 25.3 Å². The Morgan fingerprint density at radius 1 is 1.35 bits per heavy atom. The van der Waals surface area contributed by atoms with E-state index in [1.54, 1.807) is 19.2 Å². The summed E-state index contributed by atoms with van der Waals surface area (Å²) < 4.78 is 11.4. The summed E-state index contributed by atoms with van der Waals surface area (Å²) in [5.74, 6) is -0.520. The molecule has 1 aromatic carbocycles. The second-order valence-corrected chi connectivity index (χ2v) is 11.1. The normalized spacial score (nSPS) is 30.4. The van der Waals surface area contributed by atoms with Gasteiger partial charge in [0.1, 0.15) is 6.04 Å². The molecule has 3 aliphatic heterocycles. The molecule has 1 aromatic heterocycles. The van der Waals surface area contributed by atoms with Crippen molar-refractivity contribution in [3.8, 4) is 0 Å². The van der Waals surface area contributed by atoms with Crippen LogP contribution < -0.4 is 5.32 Å². The molecule has 1 spiro atoms. The largest absolute Gasteiger partial charge is 0.481 e. The Morgan fingerprint density at radius 2 is 2.19 bits per heavy atom. The maximum absolute atomic E-state index is 13.4. The van der Waals surface area contributed by atoms with E-state index in [2.05, 4.69) is 15.2 Å². The molecule has 4 aliphatic rings. The molecule has 4 heterocycles. The van der Waals surface area contributed by atoms with Crippen molar-refractivity contribution in [2.45, 2.75) is 37.9 Å². The van der Waals surface area contributed by atoms with Crippen molar-refractivity contribution in [2.75, 3.05) is 26.4 Å². The fourth-order valence-corrected chi connectivity index (χ4v) is 7.36. The standard InChI is InChI=1S/C26H27ClN4O5S/c1-2-36-25(34)21-17(11-31-18-9-14(10-20(32)33)26(18)13-35-12-19(26)31)29-23(24-28-7-8-37-24)30-22(21)15-5-3-4-6-16(15)27/h3-8,14,18-19,22H,2,9-13H2,1H3,(H,29,30)(H,32,33). The Morgan fingerprint density at radius 3 is 2.92 bits per heavy atom. The molecule has 37 heavy (non-hydrogen) atoms. The molecule has 6 rings (SSSR count). The topological polar surface area (TPSA) is 113 Å². The average molecular weight is 543 g/mol. The van der Waals surface area contributed by atoms with Crippen molar-refractivity contribution in [3.63, 3.8) is 0 Å². The smallest absolute Gasteiger partial charge is 0.338 e. The number of nitrogens with zero attached hydrogens (tertiary/aromatic N) is 3. The van der Waals surface area contributed by atoms with E-state index in [9.17, 15) is 14.7 Å². The highest BCUT2D eigenvalue weighted by Crippen LogP contribution is 2.65. The molecule has 2 N–H and O–H groups in total. The molecular formula is C26H27ClN4O5S. The minimum atomic E-state index is -0.768. The van der Waals surface area contributed by atoms with Crippen molar-refractivity contribution in [2.24, 2.45) is 16.3 Å². The Balaban J connectivity index is 1.38. The van der Waals surface area contributed by atoms with Crippen LogP contribution in [0.1, 0.15) is 36.4 Å². The van der Waals surface area contributed by atoms with Crippen LogP contribution in [-0.4, -0.2) is 71.2 Å². The monoisotopic (exact) mass is 542 g/mol. The number of aliphatic imine (C=N–C) groups is 1. The number of benzene rings is 1. The van der Waals surface area contributed by atoms with E-state index >= 15 is 0 Å². The van der Waals surface area contributed by atoms with Crippen molar-refractivity contribution in [1.29, 1.82) is 0 Å². The molecule has 0 amide bonds. The number of aliphatic carboxylic acids is 1. The highest BCUT2D eigenvalue weighted by atomic mass is 35.5. The van der Waals surface area contributed by atoms with Crippen LogP contribution in [0, 0.1) is 11.3 Å². The van der Waals surface area contributed by atoms with Crippen molar-refractivity contribution in [1.82, 2.24) is 15.2 Å². The van der Waals surface area contributed by atoms with Crippen LogP contribution in [-0.2, 0) is 19.1 Å².